The number of halogens is 2. The SMILES string of the molecule is C[C@@H](Sc1cc(-c2cn[nH]c2)cn2ncc(C#N)c12)c1c(Cl)cccc1Cl. The highest BCUT2D eigenvalue weighted by atomic mass is 35.5. The summed E-state index contributed by atoms with van der Waals surface area (Å²) < 4.78 is 1.73. The number of aromatic nitrogens is 4. The molecule has 1 aromatic carbocycles. The number of aromatic amines is 1. The van der Waals surface area contributed by atoms with Crippen LogP contribution in [0.4, 0.5) is 0 Å². The number of nitrogens with zero attached hydrogens (tertiary/aromatic N) is 4. The Morgan fingerprint density at radius 2 is 2.00 bits per heavy atom. The van der Waals surface area contributed by atoms with Crippen molar-refractivity contribution in [3.8, 4) is 17.2 Å². The molecule has 1 N–H and O–H groups in total. The van der Waals surface area contributed by atoms with Gasteiger partial charge in [0.15, 0.2) is 0 Å². The quantitative estimate of drug-likeness (QED) is 0.432. The van der Waals surface area contributed by atoms with E-state index in [1.54, 1.807) is 28.7 Å². The summed E-state index contributed by atoms with van der Waals surface area (Å²) in [5.41, 5.74) is 4.05. The van der Waals surface area contributed by atoms with Gasteiger partial charge in [0.05, 0.1) is 23.5 Å². The highest BCUT2D eigenvalue weighted by molar-refractivity contribution is 7.99. The van der Waals surface area contributed by atoms with E-state index in [0.29, 0.717) is 15.6 Å². The van der Waals surface area contributed by atoms with Crippen LogP contribution in [0.2, 0.25) is 10.0 Å². The van der Waals surface area contributed by atoms with Crippen molar-refractivity contribution in [2.24, 2.45) is 0 Å². The maximum atomic E-state index is 9.47. The summed E-state index contributed by atoms with van der Waals surface area (Å²) in [6, 6.07) is 9.74. The summed E-state index contributed by atoms with van der Waals surface area (Å²) >= 11 is 14.3. The topological polar surface area (TPSA) is 69.8 Å². The smallest absolute Gasteiger partial charge is 0.103 e. The number of nitriles is 1. The Kier molecular flexibility index (Phi) is 4.83. The number of pyridine rings is 1. The molecule has 0 spiro atoms. The van der Waals surface area contributed by atoms with Gasteiger partial charge in [-0.2, -0.15) is 15.5 Å². The second kappa shape index (κ2) is 7.28. The largest absolute Gasteiger partial charge is 0.285 e. The van der Waals surface area contributed by atoms with E-state index in [2.05, 4.69) is 21.4 Å². The minimum atomic E-state index is -0.0176. The van der Waals surface area contributed by atoms with Gasteiger partial charge in [-0.25, -0.2) is 4.52 Å². The average Bonchev–Trinajstić information content (AvgIpc) is 3.31. The van der Waals surface area contributed by atoms with E-state index in [0.717, 1.165) is 27.1 Å². The van der Waals surface area contributed by atoms with Gasteiger partial charge < -0.3 is 0 Å². The number of hydrogen-bond donors (Lipinski definition) is 1. The van der Waals surface area contributed by atoms with Gasteiger partial charge in [0.1, 0.15) is 6.07 Å². The van der Waals surface area contributed by atoms with Gasteiger partial charge in [0, 0.05) is 49.3 Å². The standard InChI is InChI=1S/C19H13Cl2N5S/c1-11(18-15(20)3-2-4-16(18)21)27-17-5-12(14-7-23-24-8-14)10-26-19(17)13(6-22)9-25-26/h2-5,7-11H,1H3,(H,23,24)/t11-/m1/s1. The molecular formula is C19H13Cl2N5S. The normalized spacial score (nSPS) is 12.2. The van der Waals surface area contributed by atoms with Crippen LogP contribution in [0.15, 0.2) is 53.9 Å². The second-order valence-electron chi connectivity index (χ2n) is 5.94. The van der Waals surface area contributed by atoms with Crippen LogP contribution in [0.1, 0.15) is 23.3 Å². The number of rotatable bonds is 4. The molecule has 0 aliphatic heterocycles. The van der Waals surface area contributed by atoms with Crippen LogP contribution in [-0.2, 0) is 0 Å². The second-order valence-corrected chi connectivity index (χ2v) is 8.14. The summed E-state index contributed by atoms with van der Waals surface area (Å²) in [6.07, 6.45) is 7.03. The van der Waals surface area contributed by atoms with Gasteiger partial charge in [0.2, 0.25) is 0 Å². The van der Waals surface area contributed by atoms with Gasteiger partial charge in [-0.15, -0.1) is 11.8 Å². The number of thioether (sulfide) groups is 1. The molecule has 8 heteroatoms. The number of nitrogens with one attached hydrogen (secondary N) is 1. The molecule has 3 aromatic heterocycles. The van der Waals surface area contributed by atoms with Crippen molar-refractivity contribution in [2.75, 3.05) is 0 Å². The summed E-state index contributed by atoms with van der Waals surface area (Å²) in [5.74, 6) is 0. The monoisotopic (exact) mass is 413 g/mol. The fourth-order valence-corrected chi connectivity index (χ4v) is 5.09. The molecular weight excluding hydrogens is 401 g/mol. The molecule has 0 fully saturated rings. The van der Waals surface area contributed by atoms with E-state index >= 15 is 0 Å². The molecule has 0 amide bonds. The van der Waals surface area contributed by atoms with Gasteiger partial charge >= 0.3 is 0 Å². The lowest BCUT2D eigenvalue weighted by molar-refractivity contribution is 0.950. The van der Waals surface area contributed by atoms with Crippen molar-refractivity contribution in [3.63, 3.8) is 0 Å². The zero-order valence-corrected chi connectivity index (χ0v) is 16.5. The first-order valence-electron chi connectivity index (χ1n) is 8.09. The number of H-pyrrole nitrogens is 1. The predicted molar refractivity (Wildman–Crippen MR) is 108 cm³/mol. The van der Waals surface area contributed by atoms with Crippen molar-refractivity contribution in [1.82, 2.24) is 19.8 Å². The van der Waals surface area contributed by atoms with Crippen molar-refractivity contribution < 1.29 is 0 Å². The molecule has 0 unspecified atom stereocenters. The molecule has 134 valence electrons. The highest BCUT2D eigenvalue weighted by Gasteiger charge is 2.19. The lowest BCUT2D eigenvalue weighted by atomic mass is 10.1. The molecule has 0 aliphatic rings. The van der Waals surface area contributed by atoms with Crippen molar-refractivity contribution >= 4 is 40.5 Å². The molecule has 27 heavy (non-hydrogen) atoms. The number of fused-ring (bicyclic) bond motifs is 1. The highest BCUT2D eigenvalue weighted by Crippen LogP contribution is 2.43. The molecule has 3 heterocycles. The number of hydrogen-bond acceptors (Lipinski definition) is 4. The van der Waals surface area contributed by atoms with Gasteiger partial charge in [0.25, 0.3) is 0 Å². The Morgan fingerprint density at radius 1 is 1.22 bits per heavy atom. The average molecular weight is 414 g/mol. The van der Waals surface area contributed by atoms with Crippen LogP contribution in [-0.4, -0.2) is 19.8 Å². The summed E-state index contributed by atoms with van der Waals surface area (Å²) in [6.45, 7) is 2.04. The van der Waals surface area contributed by atoms with Crippen LogP contribution in [0.3, 0.4) is 0 Å². The third-order valence-corrected chi connectivity index (χ3v) is 6.05. The fraction of sp³-hybridized carbons (Fsp3) is 0.105. The van der Waals surface area contributed by atoms with E-state index in [-0.39, 0.29) is 5.25 Å². The predicted octanol–water partition coefficient (Wildman–Crippen LogP) is 5.76. The van der Waals surface area contributed by atoms with Crippen LogP contribution in [0.5, 0.6) is 0 Å². The Balaban J connectivity index is 1.84. The summed E-state index contributed by atoms with van der Waals surface area (Å²) in [7, 11) is 0. The van der Waals surface area contributed by atoms with Crippen molar-refractivity contribution in [2.45, 2.75) is 17.1 Å². The van der Waals surface area contributed by atoms with Gasteiger partial charge in [-0.1, -0.05) is 29.3 Å². The first-order chi connectivity index (χ1) is 13.1. The zero-order valence-electron chi connectivity index (χ0n) is 14.1. The molecule has 0 saturated heterocycles. The number of benzene rings is 1. The van der Waals surface area contributed by atoms with Gasteiger partial charge in [-0.05, 0) is 25.1 Å². The Bertz CT molecular complexity index is 1140. The van der Waals surface area contributed by atoms with Crippen molar-refractivity contribution in [3.05, 3.63) is 70.2 Å². The maximum absolute atomic E-state index is 9.47. The lowest BCUT2D eigenvalue weighted by Crippen LogP contribution is -1.95. The summed E-state index contributed by atoms with van der Waals surface area (Å²) in [5, 5.41) is 21.9. The third kappa shape index (κ3) is 3.30. The Labute approximate surface area is 169 Å². The molecule has 0 bridgehead atoms. The van der Waals surface area contributed by atoms with E-state index < -0.39 is 0 Å². The van der Waals surface area contributed by atoms with E-state index in [9.17, 15) is 5.26 Å². The van der Waals surface area contributed by atoms with Gasteiger partial charge in [-0.3, -0.25) is 5.10 Å². The van der Waals surface area contributed by atoms with Crippen LogP contribution in [0.25, 0.3) is 16.6 Å². The minimum Gasteiger partial charge on any atom is -0.285 e. The molecule has 0 aliphatic carbocycles. The van der Waals surface area contributed by atoms with E-state index in [4.69, 9.17) is 23.2 Å². The first-order valence-corrected chi connectivity index (χ1v) is 9.73. The van der Waals surface area contributed by atoms with Crippen LogP contribution in [0, 0.1) is 11.3 Å². The summed E-state index contributed by atoms with van der Waals surface area (Å²) in [4.78, 5) is 0.922. The van der Waals surface area contributed by atoms with Crippen molar-refractivity contribution in [1.29, 1.82) is 5.26 Å². The lowest BCUT2D eigenvalue weighted by Gasteiger charge is -2.16. The molecule has 0 saturated carbocycles. The van der Waals surface area contributed by atoms with Crippen LogP contribution < -0.4 is 0 Å². The molecule has 4 rings (SSSR count). The van der Waals surface area contributed by atoms with E-state index in [1.807, 2.05) is 43.6 Å². The molecule has 4 aromatic rings. The third-order valence-electron chi connectivity index (χ3n) is 4.24. The Morgan fingerprint density at radius 3 is 2.67 bits per heavy atom. The van der Waals surface area contributed by atoms with Crippen LogP contribution >= 0.6 is 35.0 Å². The molecule has 1 atom stereocenters. The molecule has 0 radical (unpaired) electrons. The zero-order chi connectivity index (χ0) is 19.0. The molecule has 5 nitrogen and oxygen atoms in total. The Hall–Kier alpha value is -2.46. The first kappa shape index (κ1) is 17.9. The maximum Gasteiger partial charge on any atom is 0.103 e. The fourth-order valence-electron chi connectivity index (χ4n) is 2.97. The minimum absolute atomic E-state index is 0.0176. The van der Waals surface area contributed by atoms with E-state index in [1.165, 1.54) is 0 Å².